The second kappa shape index (κ2) is 13.4. The predicted octanol–water partition coefficient (Wildman–Crippen LogP) is 5.34. The van der Waals surface area contributed by atoms with Crippen LogP contribution in [0.25, 0.3) is 28.0 Å². The monoisotopic (exact) mass is 586 g/mol. The molecule has 3 N–H and O–H groups in total. The van der Waals surface area contributed by atoms with E-state index in [1.165, 1.54) is 33.8 Å². The Balaban J connectivity index is 1.35. The van der Waals surface area contributed by atoms with Crippen LogP contribution in [0.5, 0.6) is 0 Å². The summed E-state index contributed by atoms with van der Waals surface area (Å²) in [6.07, 6.45) is 2.44. The van der Waals surface area contributed by atoms with Crippen molar-refractivity contribution >= 4 is 32.8 Å². The first-order chi connectivity index (χ1) is 19.9. The van der Waals surface area contributed by atoms with Crippen LogP contribution < -0.4 is 5.32 Å². The summed E-state index contributed by atoms with van der Waals surface area (Å²) in [6.45, 7) is 4.36. The second-order valence-electron chi connectivity index (χ2n) is 11.3. The normalized spacial score (nSPS) is 13.2. The molecule has 0 radical (unpaired) electrons. The van der Waals surface area contributed by atoms with Crippen LogP contribution in [0.1, 0.15) is 30.5 Å². The third-order valence-corrected chi connectivity index (χ3v) is 8.99. The van der Waals surface area contributed by atoms with Crippen molar-refractivity contribution in [2.45, 2.75) is 37.7 Å². The lowest BCUT2D eigenvalue weighted by Crippen LogP contribution is -2.47. The number of fused-ring (bicyclic) bond motifs is 1. The molecule has 0 aromatic heterocycles. The smallest absolute Gasteiger partial charge is 0.328 e. The van der Waals surface area contributed by atoms with Gasteiger partial charge in [0.15, 0.2) is 0 Å². The minimum atomic E-state index is -3.72. The van der Waals surface area contributed by atoms with Gasteiger partial charge in [-0.25, -0.2) is 17.5 Å². The molecule has 0 saturated carbocycles. The molecule has 4 aromatic carbocycles. The Morgan fingerprint density at radius 3 is 2.33 bits per heavy atom. The number of carboxylic acid groups (broad SMARTS) is 1. The highest BCUT2D eigenvalue weighted by Crippen LogP contribution is 2.27. The summed E-state index contributed by atoms with van der Waals surface area (Å²) >= 11 is 0. The lowest BCUT2D eigenvalue weighted by molar-refractivity contribution is -0.131. The molecule has 42 heavy (non-hydrogen) atoms. The van der Waals surface area contributed by atoms with E-state index in [2.05, 4.69) is 49.5 Å². The molecule has 8 heteroatoms. The minimum Gasteiger partial charge on any atom is -0.478 e. The third kappa shape index (κ3) is 8.59. The van der Waals surface area contributed by atoms with E-state index < -0.39 is 22.1 Å². The Labute approximate surface area is 248 Å². The third-order valence-electron chi connectivity index (χ3n) is 7.21. The second-order valence-corrected chi connectivity index (χ2v) is 13.3. The number of likely N-dealkylation sites (N-methyl/N-ethyl adjacent to an activating group) is 1. The molecular weight excluding hydrogens is 548 g/mol. The molecule has 0 aliphatic carbocycles. The molecule has 1 atom stereocenters. The fourth-order valence-electron chi connectivity index (χ4n) is 4.97. The number of aliphatic carboxylic acids is 1. The molecule has 0 amide bonds. The van der Waals surface area contributed by atoms with Gasteiger partial charge in [0, 0.05) is 31.8 Å². The summed E-state index contributed by atoms with van der Waals surface area (Å²) in [5, 5.41) is 25.4. The van der Waals surface area contributed by atoms with Gasteiger partial charge in [-0.15, -0.1) is 0 Å². The van der Waals surface area contributed by atoms with Gasteiger partial charge in [0.2, 0.25) is 10.0 Å². The first kappa shape index (κ1) is 31.1. The maximum Gasteiger partial charge on any atom is 0.328 e. The first-order valence-corrected chi connectivity index (χ1v) is 15.5. The van der Waals surface area contributed by atoms with Crippen LogP contribution in [0.4, 0.5) is 0 Å². The number of nitrogens with one attached hydrogen (secondary N) is 1. The average molecular weight is 587 g/mol. The molecule has 220 valence electrons. The Morgan fingerprint density at radius 1 is 0.952 bits per heavy atom. The van der Waals surface area contributed by atoms with E-state index in [1.807, 2.05) is 36.4 Å². The zero-order valence-corrected chi connectivity index (χ0v) is 25.0. The van der Waals surface area contributed by atoms with Gasteiger partial charge in [-0.05, 0) is 64.9 Å². The SMILES string of the molecule is CN(CC(O)CNC(C)(C)Cc1ccc2ccccc2c1)S(=O)(=O)Cc1ccccc1-c1ccc(C=CC(=O)O)cc1. The van der Waals surface area contributed by atoms with Gasteiger partial charge in [-0.1, -0.05) is 91.0 Å². The van der Waals surface area contributed by atoms with Gasteiger partial charge in [0.25, 0.3) is 0 Å². The fourth-order valence-corrected chi connectivity index (χ4v) is 6.23. The van der Waals surface area contributed by atoms with Crippen molar-refractivity contribution in [3.05, 3.63) is 114 Å². The largest absolute Gasteiger partial charge is 0.478 e. The van der Waals surface area contributed by atoms with Crippen LogP contribution in [0.2, 0.25) is 0 Å². The number of sulfonamides is 1. The molecular formula is C34H38N2O5S. The summed E-state index contributed by atoms with van der Waals surface area (Å²) in [7, 11) is -2.23. The Kier molecular flexibility index (Phi) is 9.96. The molecule has 0 heterocycles. The van der Waals surface area contributed by atoms with E-state index in [4.69, 9.17) is 5.11 Å². The molecule has 1 unspecified atom stereocenters. The summed E-state index contributed by atoms with van der Waals surface area (Å²) in [4.78, 5) is 10.8. The maximum atomic E-state index is 13.3. The quantitative estimate of drug-likeness (QED) is 0.183. The minimum absolute atomic E-state index is 0.0336. The van der Waals surface area contributed by atoms with Crippen molar-refractivity contribution in [3.63, 3.8) is 0 Å². The zero-order valence-electron chi connectivity index (χ0n) is 24.2. The number of aliphatic hydroxyl groups is 1. The van der Waals surface area contributed by atoms with E-state index >= 15 is 0 Å². The van der Waals surface area contributed by atoms with Gasteiger partial charge in [0.05, 0.1) is 11.9 Å². The number of aliphatic hydroxyl groups excluding tert-OH is 1. The molecule has 4 rings (SSSR count). The van der Waals surface area contributed by atoms with Crippen LogP contribution in [0.15, 0.2) is 97.1 Å². The van der Waals surface area contributed by atoms with Crippen molar-refractivity contribution in [1.29, 1.82) is 0 Å². The zero-order chi connectivity index (χ0) is 30.3. The molecule has 7 nitrogen and oxygen atoms in total. The summed E-state index contributed by atoms with van der Waals surface area (Å²) < 4.78 is 27.8. The summed E-state index contributed by atoms with van der Waals surface area (Å²) in [5.74, 6) is -1.24. The predicted molar refractivity (Wildman–Crippen MR) is 170 cm³/mol. The molecule has 0 fully saturated rings. The van der Waals surface area contributed by atoms with E-state index in [9.17, 15) is 18.3 Å². The lowest BCUT2D eigenvalue weighted by atomic mass is 9.93. The van der Waals surface area contributed by atoms with Crippen molar-refractivity contribution in [2.75, 3.05) is 20.1 Å². The number of carboxylic acids is 1. The fraction of sp³-hybridized carbons (Fsp3) is 0.265. The van der Waals surface area contributed by atoms with Crippen LogP contribution in [-0.2, 0) is 27.0 Å². The number of benzene rings is 4. The molecule has 0 saturated heterocycles. The van der Waals surface area contributed by atoms with Crippen molar-refractivity contribution in [1.82, 2.24) is 9.62 Å². The van der Waals surface area contributed by atoms with Crippen LogP contribution in [0.3, 0.4) is 0 Å². The van der Waals surface area contributed by atoms with E-state index in [0.29, 0.717) is 5.56 Å². The van der Waals surface area contributed by atoms with Gasteiger partial charge in [0.1, 0.15) is 0 Å². The van der Waals surface area contributed by atoms with Crippen LogP contribution in [-0.4, -0.2) is 60.7 Å². The van der Waals surface area contributed by atoms with Gasteiger partial charge < -0.3 is 15.5 Å². The van der Waals surface area contributed by atoms with E-state index in [1.54, 1.807) is 24.3 Å². The Hall–Kier alpha value is -3.82. The molecule has 0 spiro atoms. The summed E-state index contributed by atoms with van der Waals surface area (Å²) in [5.41, 5.74) is 3.86. The van der Waals surface area contributed by atoms with Gasteiger partial charge >= 0.3 is 5.97 Å². The van der Waals surface area contributed by atoms with Crippen LogP contribution >= 0.6 is 0 Å². The van der Waals surface area contributed by atoms with Crippen molar-refractivity contribution in [2.24, 2.45) is 0 Å². The number of β-amino-alcohol motifs (C(OH)–C–C–N with tert-alkyl or cyclic N) is 1. The average Bonchev–Trinajstić information content (AvgIpc) is 2.95. The number of carbonyl (C=O) groups is 1. The number of rotatable bonds is 13. The number of hydrogen-bond donors (Lipinski definition) is 3. The lowest BCUT2D eigenvalue weighted by Gasteiger charge is -2.29. The molecule has 0 aliphatic heterocycles. The topological polar surface area (TPSA) is 107 Å². The standard InChI is InChI=1S/C34H38N2O5S/c1-34(2,21-26-14-16-27-8-4-5-9-29(27)20-26)35-22-31(37)23-36(3)42(40,41)24-30-10-6-7-11-32(30)28-17-12-25(13-18-28)15-19-33(38)39/h4-20,31,35,37H,21-24H2,1-3H3,(H,38,39). The van der Waals surface area contributed by atoms with E-state index in [-0.39, 0.29) is 24.4 Å². The first-order valence-electron chi connectivity index (χ1n) is 13.9. The number of hydrogen-bond acceptors (Lipinski definition) is 5. The van der Waals surface area contributed by atoms with Crippen molar-refractivity contribution < 1.29 is 23.4 Å². The highest BCUT2D eigenvalue weighted by atomic mass is 32.2. The van der Waals surface area contributed by atoms with E-state index in [0.717, 1.165) is 29.2 Å². The number of nitrogens with zero attached hydrogens (tertiary/aromatic N) is 1. The van der Waals surface area contributed by atoms with Crippen LogP contribution in [0, 0.1) is 0 Å². The van der Waals surface area contributed by atoms with Crippen molar-refractivity contribution in [3.8, 4) is 11.1 Å². The summed E-state index contributed by atoms with van der Waals surface area (Å²) in [6, 6.07) is 29.2. The molecule has 0 bridgehead atoms. The van der Waals surface area contributed by atoms with Gasteiger partial charge in [-0.2, -0.15) is 0 Å². The Morgan fingerprint density at radius 2 is 1.62 bits per heavy atom. The highest BCUT2D eigenvalue weighted by Gasteiger charge is 2.25. The maximum absolute atomic E-state index is 13.3. The molecule has 4 aromatic rings. The highest BCUT2D eigenvalue weighted by molar-refractivity contribution is 7.88. The van der Waals surface area contributed by atoms with Gasteiger partial charge in [-0.3, -0.25) is 0 Å². The molecule has 0 aliphatic rings. The Bertz CT molecular complexity index is 1660.